The van der Waals surface area contributed by atoms with Gasteiger partial charge in [0.15, 0.2) is 0 Å². The molecule has 0 aliphatic carbocycles. The molecule has 1 atom stereocenters. The number of Topliss-reactive ketones (excluding diaryl/α,β-unsaturated/α-hetero) is 1. The zero-order valence-electron chi connectivity index (χ0n) is 10.2. The van der Waals surface area contributed by atoms with Gasteiger partial charge in [-0.25, -0.2) is 0 Å². The summed E-state index contributed by atoms with van der Waals surface area (Å²) in [5.74, 6) is 0.775. The highest BCUT2D eigenvalue weighted by Crippen LogP contribution is 2.10. The summed E-state index contributed by atoms with van der Waals surface area (Å²) in [5.41, 5.74) is 0. The molecule has 0 aromatic carbocycles. The molecule has 0 radical (unpaired) electrons. The average Bonchev–Trinajstić information content (AvgIpc) is 2.15. The first kappa shape index (κ1) is 14.6. The van der Waals surface area contributed by atoms with Gasteiger partial charge in [-0.15, -0.1) is 0 Å². The number of carbonyl (C=O) groups excluding carboxylic acids is 1. The molecule has 0 rings (SSSR count). The van der Waals surface area contributed by atoms with E-state index < -0.39 is 0 Å². The van der Waals surface area contributed by atoms with Crippen molar-refractivity contribution in [3.63, 3.8) is 0 Å². The van der Waals surface area contributed by atoms with Gasteiger partial charge in [-0.2, -0.15) is 0 Å². The summed E-state index contributed by atoms with van der Waals surface area (Å²) in [6, 6.07) is 0. The lowest BCUT2D eigenvalue weighted by Crippen LogP contribution is -2.15. The lowest BCUT2D eigenvalue weighted by molar-refractivity contribution is -0.121. The van der Waals surface area contributed by atoms with Crippen molar-refractivity contribution in [2.24, 2.45) is 11.8 Å². The van der Waals surface area contributed by atoms with Crippen LogP contribution in [0.2, 0.25) is 0 Å². The van der Waals surface area contributed by atoms with Crippen molar-refractivity contribution >= 4 is 5.78 Å². The molecule has 0 saturated carbocycles. The van der Waals surface area contributed by atoms with Crippen molar-refractivity contribution in [1.82, 2.24) is 0 Å². The second-order valence-electron chi connectivity index (χ2n) is 4.40. The van der Waals surface area contributed by atoms with Crippen molar-refractivity contribution in [2.75, 3.05) is 19.8 Å². The predicted molar refractivity (Wildman–Crippen MR) is 60.8 cm³/mol. The zero-order valence-corrected chi connectivity index (χ0v) is 10.2. The van der Waals surface area contributed by atoms with Crippen LogP contribution in [-0.2, 0) is 9.53 Å². The van der Waals surface area contributed by atoms with E-state index in [1.165, 1.54) is 0 Å². The van der Waals surface area contributed by atoms with Crippen LogP contribution in [0.4, 0.5) is 0 Å². The van der Waals surface area contributed by atoms with Gasteiger partial charge in [0.05, 0.1) is 0 Å². The molecule has 0 spiro atoms. The Hall–Kier alpha value is -0.410. The summed E-state index contributed by atoms with van der Waals surface area (Å²) in [7, 11) is 0. The topological polar surface area (TPSA) is 46.5 Å². The minimum atomic E-state index is -0.0333. The lowest BCUT2D eigenvalue weighted by Gasteiger charge is -2.12. The fourth-order valence-electron chi connectivity index (χ4n) is 1.35. The zero-order chi connectivity index (χ0) is 11.7. The van der Waals surface area contributed by atoms with Crippen molar-refractivity contribution < 1.29 is 14.6 Å². The van der Waals surface area contributed by atoms with Gasteiger partial charge in [-0.05, 0) is 32.1 Å². The number of hydrogen-bond acceptors (Lipinski definition) is 3. The Morgan fingerprint density at radius 1 is 1.20 bits per heavy atom. The fourth-order valence-corrected chi connectivity index (χ4v) is 1.35. The smallest absolute Gasteiger partial charge is 0.133 e. The van der Waals surface area contributed by atoms with Gasteiger partial charge in [-0.3, -0.25) is 4.79 Å². The molecule has 0 amide bonds. The molecule has 90 valence electrons. The predicted octanol–water partition coefficient (Wildman–Crippen LogP) is 2.03. The molecule has 15 heavy (non-hydrogen) atoms. The Morgan fingerprint density at radius 2 is 1.80 bits per heavy atom. The third kappa shape index (κ3) is 8.58. The van der Waals surface area contributed by atoms with E-state index in [4.69, 9.17) is 9.84 Å². The molecule has 0 saturated heterocycles. The van der Waals surface area contributed by atoms with E-state index in [-0.39, 0.29) is 18.3 Å². The van der Waals surface area contributed by atoms with Crippen molar-refractivity contribution in [2.45, 2.75) is 40.0 Å². The van der Waals surface area contributed by atoms with Crippen molar-refractivity contribution in [3.05, 3.63) is 0 Å². The minimum absolute atomic E-state index is 0.0333. The number of rotatable bonds is 9. The van der Waals surface area contributed by atoms with Crippen LogP contribution in [0, 0.1) is 11.8 Å². The second kappa shape index (κ2) is 8.86. The maximum absolute atomic E-state index is 11.1. The Bertz CT molecular complexity index is 166. The lowest BCUT2D eigenvalue weighted by atomic mass is 9.98. The van der Waals surface area contributed by atoms with Crippen LogP contribution < -0.4 is 0 Å². The first-order valence-electron chi connectivity index (χ1n) is 5.77. The number of carbonyl (C=O) groups is 1. The van der Waals surface area contributed by atoms with Gasteiger partial charge < -0.3 is 9.84 Å². The molecule has 0 heterocycles. The number of aliphatic hydroxyl groups is 1. The van der Waals surface area contributed by atoms with Crippen molar-refractivity contribution in [3.8, 4) is 0 Å². The maximum Gasteiger partial charge on any atom is 0.133 e. The Morgan fingerprint density at radius 3 is 2.27 bits per heavy atom. The van der Waals surface area contributed by atoms with Crippen LogP contribution >= 0.6 is 0 Å². The highest BCUT2D eigenvalue weighted by Gasteiger charge is 2.12. The minimum Gasteiger partial charge on any atom is -0.396 e. The molecule has 1 unspecified atom stereocenters. The quantitative estimate of drug-likeness (QED) is 0.600. The summed E-state index contributed by atoms with van der Waals surface area (Å²) < 4.78 is 5.44. The number of aliphatic hydroxyl groups excluding tert-OH is 1. The fraction of sp³-hybridized carbons (Fsp3) is 0.917. The molecule has 0 aromatic rings. The summed E-state index contributed by atoms with van der Waals surface area (Å²) in [6.07, 6.45) is 2.35. The van der Waals surface area contributed by atoms with Crippen molar-refractivity contribution in [1.29, 1.82) is 0 Å². The molecular weight excluding hydrogens is 192 g/mol. The van der Waals surface area contributed by atoms with Crippen LogP contribution in [0.25, 0.3) is 0 Å². The first-order valence-corrected chi connectivity index (χ1v) is 5.77. The molecular formula is C12H24O3. The van der Waals surface area contributed by atoms with E-state index in [9.17, 15) is 4.79 Å². The Labute approximate surface area is 92.8 Å². The van der Waals surface area contributed by atoms with E-state index in [0.717, 1.165) is 19.4 Å². The third-order valence-corrected chi connectivity index (χ3v) is 2.50. The van der Waals surface area contributed by atoms with Crippen LogP contribution in [0.1, 0.15) is 40.0 Å². The second-order valence-corrected chi connectivity index (χ2v) is 4.40. The van der Waals surface area contributed by atoms with Crippen LogP contribution in [-0.4, -0.2) is 30.7 Å². The summed E-state index contributed by atoms with van der Waals surface area (Å²) in [5, 5.41) is 8.77. The van der Waals surface area contributed by atoms with E-state index in [2.05, 4.69) is 13.8 Å². The average molecular weight is 216 g/mol. The van der Waals surface area contributed by atoms with Crippen LogP contribution in [0.3, 0.4) is 0 Å². The molecule has 0 bridgehead atoms. The molecule has 0 aliphatic rings. The highest BCUT2D eigenvalue weighted by atomic mass is 16.5. The number of ketones is 1. The monoisotopic (exact) mass is 216 g/mol. The molecule has 3 heteroatoms. The normalized spacial score (nSPS) is 13.1. The molecule has 1 N–H and O–H groups in total. The molecule has 3 nitrogen and oxygen atoms in total. The Kier molecular flexibility index (Phi) is 8.62. The van der Waals surface area contributed by atoms with Crippen LogP contribution in [0.5, 0.6) is 0 Å². The summed E-state index contributed by atoms with van der Waals surface area (Å²) in [4.78, 5) is 11.1. The van der Waals surface area contributed by atoms with Gasteiger partial charge in [0.2, 0.25) is 0 Å². The van der Waals surface area contributed by atoms with E-state index >= 15 is 0 Å². The SMILES string of the molecule is CC(=O)C(CCO)CCOCCC(C)C. The van der Waals surface area contributed by atoms with Gasteiger partial charge in [0.25, 0.3) is 0 Å². The highest BCUT2D eigenvalue weighted by molar-refractivity contribution is 5.78. The molecule has 0 fully saturated rings. The standard InChI is InChI=1S/C12H24O3/c1-10(2)5-8-15-9-6-12(4-7-13)11(3)14/h10,12-13H,4-9H2,1-3H3. The van der Waals surface area contributed by atoms with Crippen LogP contribution in [0.15, 0.2) is 0 Å². The maximum atomic E-state index is 11.1. The van der Waals surface area contributed by atoms with E-state index in [1.807, 2.05) is 0 Å². The number of hydrogen-bond donors (Lipinski definition) is 1. The van der Waals surface area contributed by atoms with E-state index in [0.29, 0.717) is 18.9 Å². The Balaban J connectivity index is 3.49. The number of ether oxygens (including phenoxy) is 1. The van der Waals surface area contributed by atoms with Gasteiger partial charge >= 0.3 is 0 Å². The summed E-state index contributed by atoms with van der Waals surface area (Å²) in [6.45, 7) is 7.37. The van der Waals surface area contributed by atoms with Gasteiger partial charge in [-0.1, -0.05) is 13.8 Å². The van der Waals surface area contributed by atoms with Gasteiger partial charge in [0.1, 0.15) is 5.78 Å². The summed E-state index contributed by atoms with van der Waals surface area (Å²) >= 11 is 0. The molecule has 0 aliphatic heterocycles. The largest absolute Gasteiger partial charge is 0.396 e. The van der Waals surface area contributed by atoms with Gasteiger partial charge in [0, 0.05) is 25.7 Å². The first-order chi connectivity index (χ1) is 7.07. The van der Waals surface area contributed by atoms with E-state index in [1.54, 1.807) is 6.92 Å². The molecule has 0 aromatic heterocycles. The third-order valence-electron chi connectivity index (χ3n) is 2.50.